The van der Waals surface area contributed by atoms with Gasteiger partial charge in [0.05, 0.1) is 10.5 Å². The zero-order valence-corrected chi connectivity index (χ0v) is 13.8. The van der Waals surface area contributed by atoms with Gasteiger partial charge in [0, 0.05) is 17.3 Å². The quantitative estimate of drug-likeness (QED) is 0.397. The minimum Gasteiger partial charge on any atom is -0.288 e. The van der Waals surface area contributed by atoms with Crippen LogP contribution in [0.4, 0.5) is 24.5 Å². The molecule has 0 bridgehead atoms. The van der Waals surface area contributed by atoms with E-state index < -0.39 is 43.2 Å². The van der Waals surface area contributed by atoms with E-state index in [9.17, 15) is 36.5 Å². The molecule has 0 aromatic heterocycles. The first-order chi connectivity index (χ1) is 12.5. The maximum Gasteiger partial charge on any atom is 0.416 e. The number of hydrogen-bond acceptors (Lipinski definition) is 6. The van der Waals surface area contributed by atoms with Gasteiger partial charge in [0.1, 0.15) is 0 Å². The van der Waals surface area contributed by atoms with Crippen LogP contribution in [0.5, 0.6) is 0 Å². The molecule has 0 heterocycles. The van der Waals surface area contributed by atoms with Crippen LogP contribution in [0.25, 0.3) is 0 Å². The van der Waals surface area contributed by atoms with Crippen molar-refractivity contribution in [2.45, 2.75) is 11.1 Å². The Morgan fingerprint density at radius 2 is 1.70 bits per heavy atom. The smallest absolute Gasteiger partial charge is 0.288 e. The standard InChI is InChI=1S/C14H10F3N3O6S/c15-14(16,17)9-3-6-12(11(7-9)20(23)24)27(25,26)19-10-4-1-8(2-5-10)13(21)18-22/h1-7,19,22H,(H,18,21). The molecule has 0 spiro atoms. The molecule has 0 unspecified atom stereocenters. The molecule has 144 valence electrons. The monoisotopic (exact) mass is 405 g/mol. The molecule has 0 fully saturated rings. The van der Waals surface area contributed by atoms with Crippen molar-refractivity contribution in [1.29, 1.82) is 0 Å². The Kier molecular flexibility index (Phi) is 5.37. The second-order valence-electron chi connectivity index (χ2n) is 5.06. The van der Waals surface area contributed by atoms with E-state index in [4.69, 9.17) is 5.21 Å². The zero-order chi connectivity index (χ0) is 20.4. The zero-order valence-electron chi connectivity index (χ0n) is 13.0. The van der Waals surface area contributed by atoms with E-state index in [1.54, 1.807) is 0 Å². The SMILES string of the molecule is O=C(NO)c1ccc(NS(=O)(=O)c2ccc(C(F)(F)F)cc2[N+](=O)[O-])cc1. The molecular weight excluding hydrogens is 395 g/mol. The second kappa shape index (κ2) is 7.20. The van der Waals surface area contributed by atoms with Crippen molar-refractivity contribution < 1.29 is 36.5 Å². The van der Waals surface area contributed by atoms with E-state index in [1.165, 1.54) is 5.48 Å². The van der Waals surface area contributed by atoms with Crippen molar-refractivity contribution in [3.63, 3.8) is 0 Å². The number of anilines is 1. The van der Waals surface area contributed by atoms with Crippen LogP contribution in [0.3, 0.4) is 0 Å². The highest BCUT2D eigenvalue weighted by Crippen LogP contribution is 2.35. The molecule has 2 rings (SSSR count). The average molecular weight is 405 g/mol. The number of nitro benzene ring substituents is 1. The summed E-state index contributed by atoms with van der Waals surface area (Å²) >= 11 is 0. The third-order valence-corrected chi connectivity index (χ3v) is 4.70. The van der Waals surface area contributed by atoms with Gasteiger partial charge >= 0.3 is 6.18 Å². The topological polar surface area (TPSA) is 139 Å². The van der Waals surface area contributed by atoms with Crippen LogP contribution in [-0.4, -0.2) is 24.5 Å². The van der Waals surface area contributed by atoms with Crippen LogP contribution in [-0.2, 0) is 16.2 Å². The Balaban J connectivity index is 2.41. The highest BCUT2D eigenvalue weighted by Gasteiger charge is 2.35. The van der Waals surface area contributed by atoms with E-state index in [1.807, 2.05) is 4.72 Å². The summed E-state index contributed by atoms with van der Waals surface area (Å²) in [5.74, 6) is -0.859. The van der Waals surface area contributed by atoms with Gasteiger partial charge in [-0.2, -0.15) is 13.2 Å². The molecule has 0 saturated carbocycles. The lowest BCUT2D eigenvalue weighted by Gasteiger charge is -2.11. The van der Waals surface area contributed by atoms with Gasteiger partial charge in [-0.15, -0.1) is 0 Å². The third-order valence-electron chi connectivity index (χ3n) is 3.27. The first-order valence-corrected chi connectivity index (χ1v) is 8.37. The molecule has 0 aliphatic carbocycles. The molecular formula is C14H10F3N3O6S. The van der Waals surface area contributed by atoms with Gasteiger partial charge in [-0.3, -0.25) is 24.8 Å². The summed E-state index contributed by atoms with van der Waals surface area (Å²) in [6.45, 7) is 0. The number of carbonyl (C=O) groups is 1. The summed E-state index contributed by atoms with van der Waals surface area (Å²) in [5.41, 5.74) is -1.37. The number of nitro groups is 1. The summed E-state index contributed by atoms with van der Waals surface area (Å²) in [6.07, 6.45) is -4.89. The van der Waals surface area contributed by atoms with Crippen LogP contribution in [0.2, 0.25) is 0 Å². The van der Waals surface area contributed by atoms with Crippen LogP contribution in [0.1, 0.15) is 15.9 Å². The van der Waals surface area contributed by atoms with Crippen LogP contribution in [0.15, 0.2) is 47.4 Å². The van der Waals surface area contributed by atoms with Gasteiger partial charge in [-0.25, -0.2) is 13.9 Å². The number of benzene rings is 2. The van der Waals surface area contributed by atoms with E-state index in [2.05, 4.69) is 0 Å². The molecule has 2 aromatic carbocycles. The van der Waals surface area contributed by atoms with E-state index >= 15 is 0 Å². The van der Waals surface area contributed by atoms with Crippen LogP contribution < -0.4 is 10.2 Å². The lowest BCUT2D eigenvalue weighted by atomic mass is 10.2. The Bertz CT molecular complexity index is 990. The first kappa shape index (κ1) is 20.1. The van der Waals surface area contributed by atoms with Gasteiger partial charge in [-0.1, -0.05) is 0 Å². The van der Waals surface area contributed by atoms with Gasteiger partial charge < -0.3 is 0 Å². The molecule has 0 saturated heterocycles. The number of rotatable bonds is 5. The van der Waals surface area contributed by atoms with Crippen LogP contribution in [0, 0.1) is 10.1 Å². The predicted molar refractivity (Wildman–Crippen MR) is 84.6 cm³/mol. The van der Waals surface area contributed by atoms with Crippen molar-refractivity contribution in [3.8, 4) is 0 Å². The molecule has 1 amide bonds. The summed E-state index contributed by atoms with van der Waals surface area (Å²) < 4.78 is 64.8. The number of hydroxylamine groups is 1. The predicted octanol–water partition coefficient (Wildman–Crippen LogP) is 2.53. The normalized spacial score (nSPS) is 11.7. The van der Waals surface area contributed by atoms with Crippen molar-refractivity contribution in [2.24, 2.45) is 0 Å². The third kappa shape index (κ3) is 4.51. The number of carbonyl (C=O) groups excluding carboxylic acids is 1. The summed E-state index contributed by atoms with van der Waals surface area (Å²) in [6, 6.07) is 5.56. The van der Waals surface area contributed by atoms with E-state index in [0.717, 1.165) is 24.3 Å². The highest BCUT2D eigenvalue weighted by molar-refractivity contribution is 7.92. The fourth-order valence-electron chi connectivity index (χ4n) is 2.03. The maximum atomic E-state index is 12.7. The molecule has 0 aliphatic heterocycles. The average Bonchev–Trinajstić information content (AvgIpc) is 2.60. The summed E-state index contributed by atoms with van der Waals surface area (Å²) in [4.78, 5) is 20.0. The number of halogens is 3. The summed E-state index contributed by atoms with van der Waals surface area (Å²) in [5, 5.41) is 19.5. The molecule has 27 heavy (non-hydrogen) atoms. The Labute approximate surface area is 149 Å². The first-order valence-electron chi connectivity index (χ1n) is 6.88. The van der Waals surface area contributed by atoms with Gasteiger partial charge in [0.2, 0.25) is 0 Å². The minimum absolute atomic E-state index is 0.0130. The molecule has 2 aromatic rings. The Morgan fingerprint density at radius 1 is 1.11 bits per heavy atom. The fourth-order valence-corrected chi connectivity index (χ4v) is 3.24. The van der Waals surface area contributed by atoms with E-state index in [0.29, 0.717) is 12.1 Å². The van der Waals surface area contributed by atoms with Crippen LogP contribution >= 0.6 is 0 Å². The lowest BCUT2D eigenvalue weighted by molar-refractivity contribution is -0.388. The number of hydrogen-bond donors (Lipinski definition) is 3. The van der Waals surface area contributed by atoms with Crippen molar-refractivity contribution in [1.82, 2.24) is 5.48 Å². The number of alkyl halides is 3. The van der Waals surface area contributed by atoms with Crippen molar-refractivity contribution >= 4 is 27.3 Å². The lowest BCUT2D eigenvalue weighted by Crippen LogP contribution is -2.19. The van der Waals surface area contributed by atoms with Crippen molar-refractivity contribution in [3.05, 3.63) is 63.7 Å². The summed E-state index contributed by atoms with van der Waals surface area (Å²) in [7, 11) is -4.60. The highest BCUT2D eigenvalue weighted by atomic mass is 32.2. The fraction of sp³-hybridized carbons (Fsp3) is 0.0714. The Morgan fingerprint density at radius 3 is 2.19 bits per heavy atom. The van der Waals surface area contributed by atoms with Crippen molar-refractivity contribution in [2.75, 3.05) is 4.72 Å². The molecule has 0 atom stereocenters. The number of nitrogens with zero attached hydrogens (tertiary/aromatic N) is 1. The Hall–Kier alpha value is -3.19. The molecule has 0 aliphatic rings. The maximum absolute atomic E-state index is 12.7. The molecule has 13 heteroatoms. The largest absolute Gasteiger partial charge is 0.416 e. The van der Waals surface area contributed by atoms with Gasteiger partial charge in [0.15, 0.2) is 4.90 Å². The van der Waals surface area contributed by atoms with Gasteiger partial charge in [0.25, 0.3) is 21.6 Å². The second-order valence-corrected chi connectivity index (χ2v) is 6.71. The minimum atomic E-state index is -4.89. The molecule has 0 radical (unpaired) electrons. The number of nitrogens with one attached hydrogen (secondary N) is 2. The number of sulfonamides is 1. The number of amides is 1. The van der Waals surface area contributed by atoms with E-state index in [-0.39, 0.29) is 17.3 Å². The van der Waals surface area contributed by atoms with Gasteiger partial charge in [-0.05, 0) is 36.4 Å². The molecule has 9 nitrogen and oxygen atoms in total. The molecule has 3 N–H and O–H groups in total.